The van der Waals surface area contributed by atoms with E-state index in [4.69, 9.17) is 0 Å². The molecule has 1 saturated heterocycles. The van der Waals surface area contributed by atoms with Crippen LogP contribution in [0.5, 0.6) is 0 Å². The van der Waals surface area contributed by atoms with E-state index < -0.39 is 0 Å². The topological polar surface area (TPSA) is 23.5 Å². The van der Waals surface area contributed by atoms with Gasteiger partial charge in [0.2, 0.25) is 0 Å². The number of aryl methyl sites for hydroxylation is 1. The Balaban J connectivity index is 1.60. The maximum absolute atomic E-state index is 10.3. The van der Waals surface area contributed by atoms with E-state index in [1.54, 1.807) is 0 Å². The van der Waals surface area contributed by atoms with E-state index in [0.717, 1.165) is 23.9 Å². The molecule has 0 aromatic heterocycles. The monoisotopic (exact) mass is 245 g/mol. The molecule has 98 valence electrons. The summed E-state index contributed by atoms with van der Waals surface area (Å²) in [7, 11) is 0. The number of benzene rings is 1. The Morgan fingerprint density at radius 2 is 2.00 bits per heavy atom. The molecule has 0 bridgehead atoms. The zero-order valence-electron chi connectivity index (χ0n) is 11.2. The summed E-state index contributed by atoms with van der Waals surface area (Å²) in [5, 5.41) is 10.3. The fraction of sp³-hybridized carbons (Fsp3) is 0.625. The quantitative estimate of drug-likeness (QED) is 0.885. The lowest BCUT2D eigenvalue weighted by Gasteiger charge is -2.21. The Bertz CT molecular complexity index is 405. The number of hydrogen-bond acceptors (Lipinski definition) is 2. The van der Waals surface area contributed by atoms with Crippen molar-refractivity contribution < 1.29 is 5.11 Å². The average molecular weight is 245 g/mol. The molecule has 3 unspecified atom stereocenters. The van der Waals surface area contributed by atoms with Crippen molar-refractivity contribution in [3.05, 3.63) is 35.4 Å². The molecule has 1 heterocycles. The summed E-state index contributed by atoms with van der Waals surface area (Å²) in [6.45, 7) is 5.29. The number of likely N-dealkylation sites (tertiary alicyclic amines) is 1. The van der Waals surface area contributed by atoms with Crippen molar-refractivity contribution in [2.45, 2.75) is 32.3 Å². The van der Waals surface area contributed by atoms with Gasteiger partial charge in [-0.25, -0.2) is 0 Å². The zero-order chi connectivity index (χ0) is 12.5. The first-order chi connectivity index (χ1) is 8.72. The van der Waals surface area contributed by atoms with Gasteiger partial charge in [0.15, 0.2) is 0 Å². The van der Waals surface area contributed by atoms with Gasteiger partial charge >= 0.3 is 0 Å². The van der Waals surface area contributed by atoms with Gasteiger partial charge in [-0.15, -0.1) is 0 Å². The van der Waals surface area contributed by atoms with Crippen LogP contribution >= 0.6 is 0 Å². The standard InChI is InChI=1S/C16H23NO/c1-12-4-2-5-13(8-12)16(18)11-17-9-14-6-3-7-15(14)10-17/h2,4-5,8,14-16,18H,3,6-7,9-11H2,1H3. The molecular formula is C16H23NO. The molecular weight excluding hydrogens is 222 g/mol. The molecule has 2 heteroatoms. The third kappa shape index (κ3) is 2.45. The predicted octanol–water partition coefficient (Wildman–Crippen LogP) is 2.76. The van der Waals surface area contributed by atoms with Crippen LogP contribution in [-0.2, 0) is 0 Å². The van der Waals surface area contributed by atoms with Crippen LogP contribution in [-0.4, -0.2) is 29.6 Å². The SMILES string of the molecule is Cc1cccc(C(O)CN2CC3CCCC3C2)c1. The van der Waals surface area contributed by atoms with E-state index in [-0.39, 0.29) is 6.10 Å². The van der Waals surface area contributed by atoms with Gasteiger partial charge in [0.25, 0.3) is 0 Å². The first-order valence-electron chi connectivity index (χ1n) is 7.19. The second-order valence-corrected chi connectivity index (χ2v) is 6.10. The predicted molar refractivity (Wildman–Crippen MR) is 73.4 cm³/mol. The molecule has 3 atom stereocenters. The third-order valence-corrected chi connectivity index (χ3v) is 4.66. The Morgan fingerprint density at radius 1 is 1.28 bits per heavy atom. The molecule has 0 radical (unpaired) electrons. The lowest BCUT2D eigenvalue weighted by molar-refractivity contribution is 0.122. The first kappa shape index (κ1) is 12.2. The van der Waals surface area contributed by atoms with Crippen molar-refractivity contribution in [3.63, 3.8) is 0 Å². The van der Waals surface area contributed by atoms with Gasteiger partial charge < -0.3 is 5.11 Å². The maximum atomic E-state index is 10.3. The number of aliphatic hydroxyl groups is 1. The van der Waals surface area contributed by atoms with Gasteiger partial charge in [0, 0.05) is 19.6 Å². The van der Waals surface area contributed by atoms with Crippen LogP contribution in [0.3, 0.4) is 0 Å². The molecule has 2 nitrogen and oxygen atoms in total. The van der Waals surface area contributed by atoms with Crippen molar-refractivity contribution in [3.8, 4) is 0 Å². The Morgan fingerprint density at radius 3 is 2.67 bits per heavy atom. The minimum absolute atomic E-state index is 0.330. The fourth-order valence-corrected chi connectivity index (χ4v) is 3.71. The molecule has 1 aromatic carbocycles. The number of β-amino-alcohol motifs (C(OH)–C–C–N with tert-alkyl or cyclic N) is 1. The minimum Gasteiger partial charge on any atom is -0.387 e. The van der Waals surface area contributed by atoms with Gasteiger partial charge in [0.05, 0.1) is 6.10 Å². The Kier molecular flexibility index (Phi) is 3.40. The number of fused-ring (bicyclic) bond motifs is 1. The summed E-state index contributed by atoms with van der Waals surface area (Å²) in [6.07, 6.45) is 3.90. The van der Waals surface area contributed by atoms with Gasteiger partial charge in [-0.05, 0) is 37.2 Å². The van der Waals surface area contributed by atoms with Crippen LogP contribution in [0.25, 0.3) is 0 Å². The molecule has 1 aliphatic carbocycles. The Labute approximate surface area is 110 Å². The summed E-state index contributed by atoms with van der Waals surface area (Å²) >= 11 is 0. The number of rotatable bonds is 3. The maximum Gasteiger partial charge on any atom is 0.0917 e. The highest BCUT2D eigenvalue weighted by molar-refractivity contribution is 5.24. The summed E-state index contributed by atoms with van der Waals surface area (Å²) in [5.74, 6) is 1.82. The third-order valence-electron chi connectivity index (χ3n) is 4.66. The molecule has 18 heavy (non-hydrogen) atoms. The number of hydrogen-bond donors (Lipinski definition) is 1. The van der Waals surface area contributed by atoms with E-state index >= 15 is 0 Å². The van der Waals surface area contributed by atoms with Gasteiger partial charge in [0.1, 0.15) is 0 Å². The second-order valence-electron chi connectivity index (χ2n) is 6.10. The molecule has 0 amide bonds. The van der Waals surface area contributed by atoms with Gasteiger partial charge in [-0.2, -0.15) is 0 Å². The van der Waals surface area contributed by atoms with Crippen LogP contribution in [0.2, 0.25) is 0 Å². The number of nitrogens with zero attached hydrogens (tertiary/aromatic N) is 1. The molecule has 1 aliphatic heterocycles. The van der Waals surface area contributed by atoms with Gasteiger partial charge in [-0.3, -0.25) is 4.90 Å². The molecule has 2 aliphatic rings. The molecule has 1 N–H and O–H groups in total. The molecule has 1 saturated carbocycles. The summed E-state index contributed by atoms with van der Waals surface area (Å²) in [5.41, 5.74) is 2.29. The summed E-state index contributed by atoms with van der Waals surface area (Å²) in [6, 6.07) is 8.25. The average Bonchev–Trinajstić information content (AvgIpc) is 2.89. The smallest absolute Gasteiger partial charge is 0.0917 e. The van der Waals surface area contributed by atoms with Crippen molar-refractivity contribution in [2.75, 3.05) is 19.6 Å². The largest absolute Gasteiger partial charge is 0.387 e. The lowest BCUT2D eigenvalue weighted by Crippen LogP contribution is -2.27. The van der Waals surface area contributed by atoms with Crippen molar-refractivity contribution in [2.24, 2.45) is 11.8 Å². The molecule has 2 fully saturated rings. The number of aliphatic hydroxyl groups excluding tert-OH is 1. The molecule has 3 rings (SSSR count). The highest BCUT2D eigenvalue weighted by Crippen LogP contribution is 2.38. The van der Waals surface area contributed by atoms with E-state index in [0.29, 0.717) is 0 Å². The second kappa shape index (κ2) is 5.02. The van der Waals surface area contributed by atoms with E-state index in [9.17, 15) is 5.11 Å². The highest BCUT2D eigenvalue weighted by Gasteiger charge is 2.36. The first-order valence-corrected chi connectivity index (χ1v) is 7.19. The van der Waals surface area contributed by atoms with E-state index in [1.807, 2.05) is 12.1 Å². The zero-order valence-corrected chi connectivity index (χ0v) is 11.2. The van der Waals surface area contributed by atoms with Crippen molar-refractivity contribution in [1.29, 1.82) is 0 Å². The van der Waals surface area contributed by atoms with Crippen LogP contribution in [0.4, 0.5) is 0 Å². The van der Waals surface area contributed by atoms with Crippen molar-refractivity contribution in [1.82, 2.24) is 4.90 Å². The normalized spacial score (nSPS) is 29.4. The van der Waals surface area contributed by atoms with Crippen molar-refractivity contribution >= 4 is 0 Å². The highest BCUT2D eigenvalue weighted by atomic mass is 16.3. The van der Waals surface area contributed by atoms with Crippen LogP contribution in [0.15, 0.2) is 24.3 Å². The Hall–Kier alpha value is -0.860. The minimum atomic E-state index is -0.330. The van der Waals surface area contributed by atoms with Crippen LogP contribution in [0, 0.1) is 18.8 Å². The summed E-state index contributed by atoms with van der Waals surface area (Å²) in [4.78, 5) is 2.46. The molecule has 1 aromatic rings. The summed E-state index contributed by atoms with van der Waals surface area (Å²) < 4.78 is 0. The lowest BCUT2D eigenvalue weighted by atomic mass is 10.0. The van der Waals surface area contributed by atoms with Crippen LogP contribution in [0.1, 0.15) is 36.5 Å². The fourth-order valence-electron chi connectivity index (χ4n) is 3.71. The van der Waals surface area contributed by atoms with E-state index in [2.05, 4.69) is 24.0 Å². The van der Waals surface area contributed by atoms with Crippen LogP contribution < -0.4 is 0 Å². The van der Waals surface area contributed by atoms with E-state index in [1.165, 1.54) is 37.9 Å². The van der Waals surface area contributed by atoms with Gasteiger partial charge in [-0.1, -0.05) is 36.2 Å². The molecule has 0 spiro atoms.